The van der Waals surface area contributed by atoms with Gasteiger partial charge in [-0.25, -0.2) is 0 Å². The molecule has 0 amide bonds. The first-order chi connectivity index (χ1) is 7.95. The van der Waals surface area contributed by atoms with Gasteiger partial charge in [0.25, 0.3) is 0 Å². The van der Waals surface area contributed by atoms with Gasteiger partial charge in [0, 0.05) is 13.7 Å². The Bertz CT molecular complexity index is 347. The Kier molecular flexibility index (Phi) is 5.20. The Labute approximate surface area is 106 Å². The van der Waals surface area contributed by atoms with E-state index in [9.17, 15) is 0 Å². The highest BCUT2D eigenvalue weighted by Gasteiger charge is 2.16. The van der Waals surface area contributed by atoms with E-state index in [0.717, 1.165) is 19.4 Å². The van der Waals surface area contributed by atoms with E-state index in [1.807, 2.05) is 0 Å². The fourth-order valence-corrected chi connectivity index (χ4v) is 2.21. The predicted octanol–water partition coefficient (Wildman–Crippen LogP) is 4.26. The Morgan fingerprint density at radius 2 is 1.82 bits per heavy atom. The van der Waals surface area contributed by atoms with Gasteiger partial charge in [0.2, 0.25) is 0 Å². The van der Waals surface area contributed by atoms with E-state index in [-0.39, 0.29) is 5.41 Å². The molecule has 0 heterocycles. The monoisotopic (exact) mass is 234 g/mol. The van der Waals surface area contributed by atoms with E-state index in [0.29, 0.717) is 0 Å². The third-order valence-electron chi connectivity index (χ3n) is 3.17. The van der Waals surface area contributed by atoms with Crippen LogP contribution in [-0.2, 0) is 16.6 Å². The molecule has 1 rings (SSSR count). The van der Waals surface area contributed by atoms with Crippen molar-refractivity contribution in [1.82, 2.24) is 0 Å². The number of unbranched alkanes of at least 4 members (excludes halogenated alkanes) is 1. The van der Waals surface area contributed by atoms with E-state index in [4.69, 9.17) is 4.74 Å². The minimum absolute atomic E-state index is 0.243. The molecule has 0 aliphatic heterocycles. The van der Waals surface area contributed by atoms with Crippen molar-refractivity contribution in [3.05, 3.63) is 34.9 Å². The molecule has 0 aromatic heterocycles. The molecule has 1 aromatic carbocycles. The Morgan fingerprint density at radius 3 is 2.41 bits per heavy atom. The van der Waals surface area contributed by atoms with Gasteiger partial charge in [-0.05, 0) is 48.3 Å². The maximum absolute atomic E-state index is 5.08. The maximum atomic E-state index is 5.08. The molecule has 1 heteroatoms. The lowest BCUT2D eigenvalue weighted by molar-refractivity contribution is 0.193. The molecule has 0 N–H and O–H groups in total. The number of hydrogen-bond acceptors (Lipinski definition) is 1. The van der Waals surface area contributed by atoms with Crippen LogP contribution in [0.3, 0.4) is 0 Å². The number of ether oxygens (including phenoxy) is 1. The summed E-state index contributed by atoms with van der Waals surface area (Å²) in [4.78, 5) is 0. The highest BCUT2D eigenvalue weighted by Crippen LogP contribution is 2.26. The number of methoxy groups -OCH3 is 1. The van der Waals surface area contributed by atoms with Crippen molar-refractivity contribution in [3.8, 4) is 0 Å². The van der Waals surface area contributed by atoms with E-state index < -0.39 is 0 Å². The number of benzene rings is 1. The van der Waals surface area contributed by atoms with Crippen LogP contribution >= 0.6 is 0 Å². The van der Waals surface area contributed by atoms with Gasteiger partial charge in [0.05, 0.1) is 0 Å². The minimum atomic E-state index is 0.243. The summed E-state index contributed by atoms with van der Waals surface area (Å²) in [5.41, 5.74) is 4.57. The highest BCUT2D eigenvalue weighted by atomic mass is 16.5. The molecule has 96 valence electrons. The van der Waals surface area contributed by atoms with Crippen LogP contribution in [0.15, 0.2) is 18.2 Å². The first-order valence-electron chi connectivity index (χ1n) is 6.54. The van der Waals surface area contributed by atoms with Gasteiger partial charge in [-0.3, -0.25) is 0 Å². The van der Waals surface area contributed by atoms with Gasteiger partial charge in [-0.15, -0.1) is 0 Å². The summed E-state index contributed by atoms with van der Waals surface area (Å²) in [7, 11) is 1.77. The standard InChI is InChI=1S/C16H26O/c1-13-9-10-14(8-6-7-11-17-5)12-15(13)16(2,3)4/h9-10,12H,6-8,11H2,1-5H3. The molecule has 0 bridgehead atoms. The smallest absolute Gasteiger partial charge is 0.0462 e. The molecule has 17 heavy (non-hydrogen) atoms. The number of hydrogen-bond donors (Lipinski definition) is 0. The molecule has 0 atom stereocenters. The predicted molar refractivity (Wildman–Crippen MR) is 74.7 cm³/mol. The zero-order chi connectivity index (χ0) is 12.9. The third kappa shape index (κ3) is 4.51. The first kappa shape index (κ1) is 14.2. The van der Waals surface area contributed by atoms with Gasteiger partial charge >= 0.3 is 0 Å². The van der Waals surface area contributed by atoms with Crippen molar-refractivity contribution >= 4 is 0 Å². The molecule has 0 aliphatic carbocycles. The van der Waals surface area contributed by atoms with E-state index in [1.165, 1.54) is 23.1 Å². The summed E-state index contributed by atoms with van der Waals surface area (Å²) < 4.78 is 5.08. The average molecular weight is 234 g/mol. The average Bonchev–Trinajstić information content (AvgIpc) is 2.25. The fourth-order valence-electron chi connectivity index (χ4n) is 2.21. The Balaban J connectivity index is 2.69. The normalized spacial score (nSPS) is 11.8. The molecule has 0 spiro atoms. The van der Waals surface area contributed by atoms with Crippen molar-refractivity contribution < 1.29 is 4.74 Å². The molecule has 0 unspecified atom stereocenters. The van der Waals surface area contributed by atoms with Crippen LogP contribution < -0.4 is 0 Å². The lowest BCUT2D eigenvalue weighted by atomic mass is 9.83. The van der Waals surface area contributed by atoms with Crippen LogP contribution in [0.25, 0.3) is 0 Å². The van der Waals surface area contributed by atoms with Gasteiger partial charge in [-0.2, -0.15) is 0 Å². The summed E-state index contributed by atoms with van der Waals surface area (Å²) in [5, 5.41) is 0. The van der Waals surface area contributed by atoms with Crippen molar-refractivity contribution in [2.24, 2.45) is 0 Å². The summed E-state index contributed by atoms with van der Waals surface area (Å²) in [5.74, 6) is 0. The second-order valence-corrected chi connectivity index (χ2v) is 5.85. The number of rotatable bonds is 5. The van der Waals surface area contributed by atoms with Crippen molar-refractivity contribution in [2.75, 3.05) is 13.7 Å². The van der Waals surface area contributed by atoms with E-state index in [1.54, 1.807) is 7.11 Å². The van der Waals surface area contributed by atoms with Crippen molar-refractivity contribution in [1.29, 1.82) is 0 Å². The maximum Gasteiger partial charge on any atom is 0.0462 e. The summed E-state index contributed by atoms with van der Waals surface area (Å²) in [6.07, 6.45) is 3.52. The van der Waals surface area contributed by atoms with Crippen LogP contribution in [0, 0.1) is 6.92 Å². The summed E-state index contributed by atoms with van der Waals surface area (Å²) in [6.45, 7) is 9.92. The van der Waals surface area contributed by atoms with Crippen LogP contribution in [0.1, 0.15) is 50.3 Å². The van der Waals surface area contributed by atoms with Gasteiger partial charge in [0.15, 0.2) is 0 Å². The largest absolute Gasteiger partial charge is 0.385 e. The summed E-state index contributed by atoms with van der Waals surface area (Å²) in [6, 6.07) is 6.89. The lowest BCUT2D eigenvalue weighted by Gasteiger charge is -2.22. The lowest BCUT2D eigenvalue weighted by Crippen LogP contribution is -2.13. The van der Waals surface area contributed by atoms with Crippen molar-refractivity contribution in [3.63, 3.8) is 0 Å². The summed E-state index contributed by atoms with van der Waals surface area (Å²) >= 11 is 0. The van der Waals surface area contributed by atoms with E-state index in [2.05, 4.69) is 45.9 Å². The zero-order valence-electron chi connectivity index (χ0n) is 12.0. The molecule has 1 aromatic rings. The minimum Gasteiger partial charge on any atom is -0.385 e. The van der Waals surface area contributed by atoms with Crippen LogP contribution in [0.2, 0.25) is 0 Å². The zero-order valence-corrected chi connectivity index (χ0v) is 12.0. The molecular formula is C16H26O. The molecule has 0 fully saturated rings. The first-order valence-corrected chi connectivity index (χ1v) is 6.54. The Hall–Kier alpha value is -0.820. The quantitative estimate of drug-likeness (QED) is 0.692. The molecule has 0 saturated carbocycles. The SMILES string of the molecule is COCCCCc1ccc(C)c(C(C)(C)C)c1. The van der Waals surface area contributed by atoms with Crippen molar-refractivity contribution in [2.45, 2.75) is 52.4 Å². The molecule has 0 aliphatic rings. The van der Waals surface area contributed by atoms with Gasteiger partial charge in [-0.1, -0.05) is 39.0 Å². The van der Waals surface area contributed by atoms with Crippen LogP contribution in [-0.4, -0.2) is 13.7 Å². The fraction of sp³-hybridized carbons (Fsp3) is 0.625. The topological polar surface area (TPSA) is 9.23 Å². The van der Waals surface area contributed by atoms with Crippen LogP contribution in [0.5, 0.6) is 0 Å². The van der Waals surface area contributed by atoms with E-state index >= 15 is 0 Å². The van der Waals surface area contributed by atoms with Gasteiger partial charge in [0.1, 0.15) is 0 Å². The highest BCUT2D eigenvalue weighted by molar-refractivity contribution is 5.35. The Morgan fingerprint density at radius 1 is 1.12 bits per heavy atom. The molecule has 0 radical (unpaired) electrons. The second-order valence-electron chi connectivity index (χ2n) is 5.85. The van der Waals surface area contributed by atoms with Gasteiger partial charge < -0.3 is 4.74 Å². The van der Waals surface area contributed by atoms with Crippen LogP contribution in [0.4, 0.5) is 0 Å². The third-order valence-corrected chi connectivity index (χ3v) is 3.17. The number of aryl methyl sites for hydroxylation is 2. The molecule has 1 nitrogen and oxygen atoms in total. The molecule has 0 saturated heterocycles. The molecular weight excluding hydrogens is 208 g/mol. The second kappa shape index (κ2) is 6.20.